The second-order valence-electron chi connectivity index (χ2n) is 6.98. The highest BCUT2D eigenvalue weighted by molar-refractivity contribution is 7.89. The fourth-order valence-corrected chi connectivity index (χ4v) is 4.96. The first-order valence-electron chi connectivity index (χ1n) is 10.1. The van der Waals surface area contributed by atoms with Crippen molar-refractivity contribution in [3.05, 3.63) is 40.6 Å². The van der Waals surface area contributed by atoms with Crippen LogP contribution >= 0.6 is 11.3 Å². The van der Waals surface area contributed by atoms with Gasteiger partial charge in [-0.25, -0.2) is 8.42 Å². The minimum absolute atomic E-state index is 0.0318. The van der Waals surface area contributed by atoms with E-state index in [1.807, 2.05) is 13.8 Å². The van der Waals surface area contributed by atoms with E-state index in [-0.39, 0.29) is 41.5 Å². The van der Waals surface area contributed by atoms with Crippen LogP contribution in [0.4, 0.5) is 5.69 Å². The smallest absolute Gasteiger partial charge is 0.252 e. The molecule has 0 radical (unpaired) electrons. The quantitative estimate of drug-likeness (QED) is 0.527. The molecule has 1 heterocycles. The first kappa shape index (κ1) is 24.8. The van der Waals surface area contributed by atoms with Gasteiger partial charge in [-0.1, -0.05) is 13.8 Å². The van der Waals surface area contributed by atoms with Gasteiger partial charge < -0.3 is 15.4 Å². The number of nitrogens with zero attached hydrogens (tertiary/aromatic N) is 1. The van der Waals surface area contributed by atoms with E-state index in [0.29, 0.717) is 24.4 Å². The molecule has 2 N–H and O–H groups in total. The number of hydrogen-bond acceptors (Lipinski definition) is 6. The van der Waals surface area contributed by atoms with E-state index in [1.54, 1.807) is 36.7 Å². The van der Waals surface area contributed by atoms with Crippen molar-refractivity contribution in [2.24, 2.45) is 0 Å². The number of anilines is 1. The van der Waals surface area contributed by atoms with Crippen molar-refractivity contribution >= 4 is 38.9 Å². The number of carbonyl (C=O) groups excluding carboxylic acids is 2. The Morgan fingerprint density at radius 2 is 1.87 bits per heavy atom. The predicted molar refractivity (Wildman–Crippen MR) is 122 cm³/mol. The fourth-order valence-electron chi connectivity index (χ4n) is 2.83. The van der Waals surface area contributed by atoms with E-state index in [0.717, 1.165) is 0 Å². The van der Waals surface area contributed by atoms with Crippen molar-refractivity contribution in [1.82, 2.24) is 9.62 Å². The monoisotopic (exact) mass is 467 g/mol. The number of nitrogens with one attached hydrogen (secondary N) is 2. The Morgan fingerprint density at radius 3 is 2.45 bits per heavy atom. The highest BCUT2D eigenvalue weighted by Gasteiger charge is 2.23. The molecule has 0 saturated carbocycles. The molecule has 170 valence electrons. The fraction of sp³-hybridized carbons (Fsp3) is 0.429. The van der Waals surface area contributed by atoms with Crippen molar-refractivity contribution < 1.29 is 22.7 Å². The summed E-state index contributed by atoms with van der Waals surface area (Å²) in [5, 5.41) is 8.93. The Labute approximate surface area is 187 Å². The third-order valence-electron chi connectivity index (χ3n) is 4.35. The number of ether oxygens (including phenoxy) is 1. The number of thiophene rings is 1. The first-order chi connectivity index (χ1) is 14.7. The van der Waals surface area contributed by atoms with Crippen LogP contribution in [0.5, 0.6) is 5.75 Å². The molecule has 8 nitrogen and oxygen atoms in total. The molecule has 0 atom stereocenters. The van der Waals surface area contributed by atoms with Gasteiger partial charge in [0.15, 0.2) is 0 Å². The van der Waals surface area contributed by atoms with Gasteiger partial charge in [0.05, 0.1) is 16.7 Å². The highest BCUT2D eigenvalue weighted by atomic mass is 32.2. The van der Waals surface area contributed by atoms with Crippen LogP contribution in [0, 0.1) is 0 Å². The summed E-state index contributed by atoms with van der Waals surface area (Å²) in [6.45, 7) is 8.05. The maximum absolute atomic E-state index is 12.9. The number of benzene rings is 1. The van der Waals surface area contributed by atoms with Crippen LogP contribution < -0.4 is 15.4 Å². The Balaban J connectivity index is 2.14. The van der Waals surface area contributed by atoms with E-state index in [4.69, 9.17) is 4.74 Å². The molecule has 0 saturated heterocycles. The average molecular weight is 468 g/mol. The summed E-state index contributed by atoms with van der Waals surface area (Å²) in [5.74, 6) is -0.231. The summed E-state index contributed by atoms with van der Waals surface area (Å²) in [6.07, 6.45) is -0.130. The lowest BCUT2D eigenvalue weighted by atomic mass is 10.2. The summed E-state index contributed by atoms with van der Waals surface area (Å²) in [7, 11) is -3.69. The van der Waals surface area contributed by atoms with Crippen molar-refractivity contribution in [2.75, 3.05) is 25.0 Å². The second kappa shape index (κ2) is 11.3. The zero-order valence-electron chi connectivity index (χ0n) is 18.2. The summed E-state index contributed by atoms with van der Waals surface area (Å²) in [4.78, 5) is 24.5. The molecule has 0 aliphatic carbocycles. The van der Waals surface area contributed by atoms with Crippen LogP contribution in [0.3, 0.4) is 0 Å². The summed E-state index contributed by atoms with van der Waals surface area (Å²) >= 11 is 1.42. The van der Waals surface area contributed by atoms with E-state index in [2.05, 4.69) is 10.6 Å². The molecule has 2 rings (SSSR count). The molecule has 0 bridgehead atoms. The lowest BCUT2D eigenvalue weighted by molar-refractivity contribution is -0.116. The van der Waals surface area contributed by atoms with Gasteiger partial charge in [0.1, 0.15) is 5.75 Å². The maximum Gasteiger partial charge on any atom is 0.252 e. The number of carbonyl (C=O) groups is 2. The van der Waals surface area contributed by atoms with E-state index >= 15 is 0 Å². The SMILES string of the molecule is CCN(CC)S(=O)(=O)c1ccc(OC(C)C)c(NC(=O)CCNC(=O)c2ccsc2)c1. The molecular formula is C21H29N3O5S2. The highest BCUT2D eigenvalue weighted by Crippen LogP contribution is 2.30. The molecule has 2 aromatic rings. The molecule has 0 aliphatic rings. The van der Waals surface area contributed by atoms with Gasteiger partial charge in [0, 0.05) is 37.0 Å². The van der Waals surface area contributed by atoms with E-state index in [9.17, 15) is 18.0 Å². The lowest BCUT2D eigenvalue weighted by Crippen LogP contribution is -2.30. The number of amides is 2. The Hall–Kier alpha value is -2.43. The van der Waals surface area contributed by atoms with Gasteiger partial charge >= 0.3 is 0 Å². The van der Waals surface area contributed by atoms with E-state index < -0.39 is 10.0 Å². The standard InChI is InChI=1S/C21H29N3O5S2/c1-5-24(6-2)31(27,28)17-7-8-19(29-15(3)4)18(13-17)23-20(25)9-11-22-21(26)16-10-12-30-14-16/h7-8,10,12-15H,5-6,9,11H2,1-4H3,(H,22,26)(H,23,25). The molecule has 31 heavy (non-hydrogen) atoms. The van der Waals surface area contributed by atoms with Gasteiger partial charge in [0.25, 0.3) is 5.91 Å². The average Bonchev–Trinajstić information content (AvgIpc) is 3.24. The minimum Gasteiger partial charge on any atom is -0.489 e. The normalized spacial score (nSPS) is 11.5. The van der Waals surface area contributed by atoms with Crippen molar-refractivity contribution in [2.45, 2.75) is 45.1 Å². The lowest BCUT2D eigenvalue weighted by Gasteiger charge is -2.20. The third-order valence-corrected chi connectivity index (χ3v) is 7.08. The summed E-state index contributed by atoms with van der Waals surface area (Å²) < 4.78 is 32.8. The summed E-state index contributed by atoms with van der Waals surface area (Å²) in [5.41, 5.74) is 0.823. The molecule has 2 amide bonds. The van der Waals surface area contributed by atoms with Gasteiger partial charge in [-0.05, 0) is 43.5 Å². The molecule has 0 fully saturated rings. The molecule has 10 heteroatoms. The van der Waals surface area contributed by atoms with Gasteiger partial charge in [-0.2, -0.15) is 15.6 Å². The minimum atomic E-state index is -3.69. The van der Waals surface area contributed by atoms with Crippen LogP contribution in [0.1, 0.15) is 44.5 Å². The zero-order valence-corrected chi connectivity index (χ0v) is 19.8. The van der Waals surface area contributed by atoms with Gasteiger partial charge in [-0.3, -0.25) is 9.59 Å². The van der Waals surface area contributed by atoms with Crippen LogP contribution in [-0.2, 0) is 14.8 Å². The topological polar surface area (TPSA) is 105 Å². The van der Waals surface area contributed by atoms with Crippen molar-refractivity contribution in [1.29, 1.82) is 0 Å². The number of hydrogen-bond donors (Lipinski definition) is 2. The predicted octanol–water partition coefficient (Wildman–Crippen LogP) is 3.32. The van der Waals surface area contributed by atoms with Gasteiger partial charge in [0.2, 0.25) is 15.9 Å². The van der Waals surface area contributed by atoms with Crippen LogP contribution in [-0.4, -0.2) is 50.3 Å². The summed E-state index contributed by atoms with van der Waals surface area (Å²) in [6, 6.07) is 6.14. The van der Waals surface area contributed by atoms with Crippen LogP contribution in [0.15, 0.2) is 39.9 Å². The third kappa shape index (κ3) is 6.78. The largest absolute Gasteiger partial charge is 0.489 e. The molecular weight excluding hydrogens is 438 g/mol. The molecule has 1 aromatic heterocycles. The zero-order chi connectivity index (χ0) is 23.0. The Morgan fingerprint density at radius 1 is 1.16 bits per heavy atom. The second-order valence-corrected chi connectivity index (χ2v) is 9.70. The molecule has 0 unspecified atom stereocenters. The number of sulfonamides is 1. The maximum atomic E-state index is 12.9. The number of rotatable bonds is 11. The first-order valence-corrected chi connectivity index (χ1v) is 12.5. The van der Waals surface area contributed by atoms with Gasteiger partial charge in [-0.15, -0.1) is 0 Å². The molecule has 0 spiro atoms. The van der Waals surface area contributed by atoms with Crippen LogP contribution in [0.25, 0.3) is 0 Å². The van der Waals surface area contributed by atoms with Crippen LogP contribution in [0.2, 0.25) is 0 Å². The molecule has 1 aromatic carbocycles. The molecule has 0 aliphatic heterocycles. The Kier molecular flexibility index (Phi) is 9.02. The van der Waals surface area contributed by atoms with Crippen molar-refractivity contribution in [3.8, 4) is 5.75 Å². The Bertz CT molecular complexity index is 984. The van der Waals surface area contributed by atoms with Crippen molar-refractivity contribution in [3.63, 3.8) is 0 Å². The van der Waals surface area contributed by atoms with E-state index in [1.165, 1.54) is 27.8 Å².